The van der Waals surface area contributed by atoms with Crippen molar-refractivity contribution in [2.24, 2.45) is 0 Å². The van der Waals surface area contributed by atoms with Gasteiger partial charge in [-0.15, -0.1) is 12.1 Å². The molecule has 10 heavy (non-hydrogen) atoms. The zero-order valence-electron chi connectivity index (χ0n) is 6.69. The average Bonchev–Trinajstić information content (AvgIpc) is 1.85. The molecule has 0 heterocycles. The molecule has 0 aliphatic heterocycles. The number of carbonyl (C=O) groups excluding carboxylic acids is 1. The van der Waals surface area contributed by atoms with Crippen LogP contribution in [0.25, 0.3) is 0 Å². The maximum absolute atomic E-state index is 10.4. The summed E-state index contributed by atoms with van der Waals surface area (Å²) in [4.78, 5) is 10.4. The summed E-state index contributed by atoms with van der Waals surface area (Å²) in [6, 6.07) is 0. The van der Waals surface area contributed by atoms with Gasteiger partial charge in [-0.1, -0.05) is 18.8 Å². The highest BCUT2D eigenvalue weighted by Crippen LogP contribution is 1.98. The first kappa shape index (κ1) is 9.19. The van der Waals surface area contributed by atoms with Gasteiger partial charge in [-0.25, -0.2) is 0 Å². The van der Waals surface area contributed by atoms with Crippen LogP contribution in [-0.4, -0.2) is 13.9 Å². The van der Waals surface area contributed by atoms with Crippen molar-refractivity contribution in [2.45, 2.75) is 20.0 Å². The van der Waals surface area contributed by atoms with Gasteiger partial charge < -0.3 is 0 Å². The molecule has 0 radical (unpaired) electrons. The van der Waals surface area contributed by atoms with Crippen molar-refractivity contribution >= 4 is 13.9 Å². The van der Waals surface area contributed by atoms with E-state index in [1.807, 2.05) is 5.70 Å². The van der Waals surface area contributed by atoms with Crippen LogP contribution >= 0.6 is 0 Å². The molecule has 0 aromatic carbocycles. The zero-order valence-corrected chi connectivity index (χ0v) is 7.69. The molecule has 0 N–H and O–H groups in total. The highest BCUT2D eigenvalue weighted by Gasteiger charge is 2.10. The minimum Gasteiger partial charge on any atom is -0.285 e. The third-order valence-corrected chi connectivity index (χ3v) is 2.86. The third-order valence-electron chi connectivity index (χ3n) is 1.07. The molecule has 0 bridgehead atoms. The van der Waals surface area contributed by atoms with Gasteiger partial charge in [0.05, 0.1) is 0 Å². The van der Waals surface area contributed by atoms with E-state index >= 15 is 0 Å². The van der Waals surface area contributed by atoms with Crippen molar-refractivity contribution in [1.29, 1.82) is 0 Å². The lowest BCUT2D eigenvalue weighted by Gasteiger charge is -2.04. The summed E-state index contributed by atoms with van der Waals surface area (Å²) in [6.07, 6.45) is 0. The Morgan fingerprint density at radius 3 is 2.40 bits per heavy atom. The molecule has 0 unspecified atom stereocenters. The fraction of sp³-hybridized carbons (Fsp3) is 0.375. The summed E-state index contributed by atoms with van der Waals surface area (Å²) in [7, 11) is -1.56. The van der Waals surface area contributed by atoms with Crippen LogP contribution < -0.4 is 0 Å². The van der Waals surface area contributed by atoms with Gasteiger partial charge in [0.2, 0.25) is 5.78 Å². The van der Waals surface area contributed by atoms with Gasteiger partial charge in [0.1, 0.15) is 0 Å². The minimum atomic E-state index is -1.56. The van der Waals surface area contributed by atoms with Gasteiger partial charge >= 0.3 is 0 Å². The summed E-state index contributed by atoms with van der Waals surface area (Å²) in [5, 5.41) is 0. The Morgan fingerprint density at radius 2 is 2.10 bits per heavy atom. The second kappa shape index (κ2) is 3.38. The molecule has 0 saturated heterocycles. The van der Waals surface area contributed by atoms with E-state index in [4.69, 9.17) is 0 Å². The quantitative estimate of drug-likeness (QED) is 0.411. The van der Waals surface area contributed by atoms with Gasteiger partial charge in [-0.3, -0.25) is 4.79 Å². The van der Waals surface area contributed by atoms with Crippen LogP contribution in [0.5, 0.6) is 0 Å². The maximum atomic E-state index is 10.4. The highest BCUT2D eigenvalue weighted by atomic mass is 28.3. The van der Waals surface area contributed by atoms with E-state index in [-0.39, 0.29) is 5.78 Å². The number of ketones is 1. The normalized spacial score (nSPS) is 9.50. The molecule has 0 atom stereocenters. The van der Waals surface area contributed by atoms with Gasteiger partial charge in [0.25, 0.3) is 0 Å². The maximum Gasteiger partial charge on any atom is 0.201 e. The summed E-state index contributed by atoms with van der Waals surface area (Å²) >= 11 is 0. The van der Waals surface area contributed by atoms with E-state index < -0.39 is 8.07 Å². The van der Waals surface area contributed by atoms with Crippen molar-refractivity contribution in [3.05, 3.63) is 12.3 Å². The van der Waals surface area contributed by atoms with Gasteiger partial charge in [0, 0.05) is 6.92 Å². The van der Waals surface area contributed by atoms with Crippen LogP contribution in [0, 0.1) is 11.5 Å². The van der Waals surface area contributed by atoms with E-state index in [0.29, 0.717) is 0 Å². The molecule has 0 aliphatic rings. The largest absolute Gasteiger partial charge is 0.285 e. The average molecular weight is 152 g/mol. The van der Waals surface area contributed by atoms with Crippen molar-refractivity contribution in [1.82, 2.24) is 0 Å². The number of Topliss-reactive ketones (excluding diaryl/α,β-unsaturated/α-hetero) is 1. The molecule has 1 nitrogen and oxygen atoms in total. The Morgan fingerprint density at radius 1 is 1.60 bits per heavy atom. The van der Waals surface area contributed by atoms with E-state index in [0.717, 1.165) is 0 Å². The first-order chi connectivity index (χ1) is 4.48. The Hall–Kier alpha value is -0.813. The second-order valence-electron chi connectivity index (χ2n) is 2.73. The fourth-order valence-electron chi connectivity index (χ4n) is 0.300. The summed E-state index contributed by atoms with van der Waals surface area (Å²) in [5.41, 5.74) is 4.79. The molecule has 0 aromatic heterocycles. The van der Waals surface area contributed by atoms with E-state index in [2.05, 4.69) is 31.1 Å². The van der Waals surface area contributed by atoms with Crippen molar-refractivity contribution < 1.29 is 4.79 Å². The van der Waals surface area contributed by atoms with Crippen LogP contribution in [0.3, 0.4) is 0 Å². The SMILES string of the molecule is C=C[Si](C)(C)C#CC(C)=O. The topological polar surface area (TPSA) is 17.1 Å². The fourth-order valence-corrected chi connectivity index (χ4v) is 0.900. The Labute approximate surface area is 63.1 Å². The first-order valence-corrected chi connectivity index (χ1v) is 6.23. The summed E-state index contributed by atoms with van der Waals surface area (Å²) in [5.74, 6) is 2.47. The number of hydrogen-bond acceptors (Lipinski definition) is 1. The van der Waals surface area contributed by atoms with Gasteiger partial charge in [0.15, 0.2) is 8.07 Å². The van der Waals surface area contributed by atoms with Crippen molar-refractivity contribution in [3.8, 4) is 11.5 Å². The lowest BCUT2D eigenvalue weighted by atomic mass is 10.5. The molecule has 0 aromatic rings. The monoisotopic (exact) mass is 152 g/mol. The number of carbonyl (C=O) groups is 1. The predicted octanol–water partition coefficient (Wildman–Crippen LogP) is 1.55. The molecule has 0 aliphatic carbocycles. The number of rotatable bonds is 1. The Bertz CT molecular complexity index is 205. The lowest BCUT2D eigenvalue weighted by Crippen LogP contribution is -2.19. The van der Waals surface area contributed by atoms with E-state index in [1.54, 1.807) is 0 Å². The molecule has 0 fully saturated rings. The van der Waals surface area contributed by atoms with Crippen molar-refractivity contribution in [2.75, 3.05) is 0 Å². The first-order valence-electron chi connectivity index (χ1n) is 3.15. The van der Waals surface area contributed by atoms with Crippen LogP contribution in [-0.2, 0) is 4.79 Å². The molecule has 0 saturated carbocycles. The highest BCUT2D eigenvalue weighted by molar-refractivity contribution is 6.89. The van der Waals surface area contributed by atoms with Crippen LogP contribution in [0.15, 0.2) is 12.3 Å². The molecule has 0 rings (SSSR count). The predicted molar refractivity (Wildman–Crippen MR) is 46.1 cm³/mol. The number of hydrogen-bond donors (Lipinski definition) is 0. The lowest BCUT2D eigenvalue weighted by molar-refractivity contribution is -0.111. The zero-order chi connectivity index (χ0) is 8.20. The smallest absolute Gasteiger partial charge is 0.201 e. The third kappa shape index (κ3) is 4.10. The van der Waals surface area contributed by atoms with Crippen LogP contribution in [0.4, 0.5) is 0 Å². The van der Waals surface area contributed by atoms with Gasteiger partial charge in [-0.05, 0) is 5.92 Å². The van der Waals surface area contributed by atoms with E-state index in [1.165, 1.54) is 6.92 Å². The summed E-state index contributed by atoms with van der Waals surface area (Å²) < 4.78 is 0. The van der Waals surface area contributed by atoms with Gasteiger partial charge in [-0.2, -0.15) is 0 Å². The van der Waals surface area contributed by atoms with Crippen LogP contribution in [0.2, 0.25) is 13.1 Å². The standard InChI is InChI=1S/C8H12OSi/c1-5-10(3,4)7-6-8(2)9/h5H,1H2,2-4H3. The molecular formula is C8H12OSi. The summed E-state index contributed by atoms with van der Waals surface area (Å²) in [6.45, 7) is 9.23. The van der Waals surface area contributed by atoms with Crippen LogP contribution in [0.1, 0.15) is 6.92 Å². The molecule has 54 valence electrons. The Balaban J connectivity index is 4.29. The Kier molecular flexibility index (Phi) is 3.10. The second-order valence-corrected chi connectivity index (χ2v) is 6.83. The minimum absolute atomic E-state index is 0.0672. The molecule has 2 heteroatoms. The van der Waals surface area contributed by atoms with E-state index in [9.17, 15) is 4.79 Å². The molecule has 0 spiro atoms. The van der Waals surface area contributed by atoms with Crippen molar-refractivity contribution in [3.63, 3.8) is 0 Å². The molecule has 0 amide bonds. The molecular weight excluding hydrogens is 140 g/mol.